The van der Waals surface area contributed by atoms with Crippen LogP contribution in [0.3, 0.4) is 0 Å². The van der Waals surface area contributed by atoms with Gasteiger partial charge >= 0.3 is 0 Å². The normalized spacial score (nSPS) is 12.2. The highest BCUT2D eigenvalue weighted by Crippen LogP contribution is 2.14. The van der Waals surface area contributed by atoms with Crippen LogP contribution in [-0.4, -0.2) is 36.8 Å². The van der Waals surface area contributed by atoms with Crippen molar-refractivity contribution in [3.63, 3.8) is 0 Å². The predicted octanol–water partition coefficient (Wildman–Crippen LogP) is 0.410. The van der Waals surface area contributed by atoms with E-state index >= 15 is 0 Å². The van der Waals surface area contributed by atoms with E-state index in [0.29, 0.717) is 19.4 Å². The minimum absolute atomic E-state index is 0.00919. The fourth-order valence-corrected chi connectivity index (χ4v) is 2.16. The molecule has 0 radical (unpaired) electrons. The summed E-state index contributed by atoms with van der Waals surface area (Å²) in [6, 6.07) is 0. The molecule has 0 heterocycles. The van der Waals surface area contributed by atoms with Gasteiger partial charge in [-0.3, -0.25) is 9.59 Å². The molecule has 4 nitrogen and oxygen atoms in total. The van der Waals surface area contributed by atoms with E-state index in [2.05, 4.69) is 5.32 Å². The fourth-order valence-electron chi connectivity index (χ4n) is 1.14. The van der Waals surface area contributed by atoms with Crippen molar-refractivity contribution in [3.05, 3.63) is 0 Å². The first-order valence-corrected chi connectivity index (χ1v) is 6.26. The van der Waals surface area contributed by atoms with Crippen LogP contribution in [0.5, 0.6) is 0 Å². The van der Waals surface area contributed by atoms with E-state index in [1.807, 2.05) is 0 Å². The summed E-state index contributed by atoms with van der Waals surface area (Å²) < 4.78 is 0. The van der Waals surface area contributed by atoms with Crippen molar-refractivity contribution in [1.29, 1.82) is 0 Å². The third-order valence-electron chi connectivity index (χ3n) is 2.15. The van der Waals surface area contributed by atoms with Crippen LogP contribution in [0.4, 0.5) is 0 Å². The van der Waals surface area contributed by atoms with E-state index in [4.69, 9.17) is 5.73 Å². The van der Waals surface area contributed by atoms with E-state index < -0.39 is 0 Å². The number of ketones is 1. The van der Waals surface area contributed by atoms with Crippen LogP contribution in [0.25, 0.3) is 0 Å². The van der Waals surface area contributed by atoms with Gasteiger partial charge in [0.15, 0.2) is 0 Å². The SMILES string of the molecule is CNC(=O)CCC(CSCCN)C(C)=O. The van der Waals surface area contributed by atoms with Crippen molar-refractivity contribution >= 4 is 23.5 Å². The summed E-state index contributed by atoms with van der Waals surface area (Å²) in [4.78, 5) is 22.3. The molecule has 1 unspecified atom stereocenters. The van der Waals surface area contributed by atoms with Crippen molar-refractivity contribution in [3.8, 4) is 0 Å². The molecule has 0 aliphatic heterocycles. The summed E-state index contributed by atoms with van der Waals surface area (Å²) in [6.07, 6.45) is 1.05. The van der Waals surface area contributed by atoms with Gasteiger partial charge in [0.1, 0.15) is 5.78 Å². The van der Waals surface area contributed by atoms with Crippen LogP contribution in [0.2, 0.25) is 0 Å². The Kier molecular flexibility index (Phi) is 8.41. The largest absolute Gasteiger partial charge is 0.359 e. The number of amides is 1. The number of hydrogen-bond acceptors (Lipinski definition) is 4. The standard InChI is InChI=1S/C10H20N2O2S/c1-8(13)9(7-15-6-5-11)3-4-10(14)12-2/h9H,3-7,11H2,1-2H3,(H,12,14). The molecule has 0 bridgehead atoms. The molecule has 0 aromatic rings. The van der Waals surface area contributed by atoms with Crippen LogP contribution in [0, 0.1) is 5.92 Å². The summed E-state index contributed by atoms with van der Waals surface area (Å²) in [6.45, 7) is 2.21. The molecule has 0 aromatic heterocycles. The number of Topliss-reactive ketones (excluding diaryl/α,β-unsaturated/α-hetero) is 1. The Morgan fingerprint density at radius 1 is 1.47 bits per heavy atom. The lowest BCUT2D eigenvalue weighted by molar-refractivity contribution is -0.122. The Bertz CT molecular complexity index is 210. The molecule has 0 saturated carbocycles. The van der Waals surface area contributed by atoms with Gasteiger partial charge in [0.2, 0.25) is 5.91 Å². The highest BCUT2D eigenvalue weighted by Gasteiger charge is 2.15. The third-order valence-corrected chi connectivity index (χ3v) is 3.32. The first-order chi connectivity index (χ1) is 7.11. The van der Waals surface area contributed by atoms with Crippen LogP contribution >= 0.6 is 11.8 Å². The molecule has 88 valence electrons. The number of nitrogens with one attached hydrogen (secondary N) is 1. The molecule has 0 saturated heterocycles. The van der Waals surface area contributed by atoms with Crippen molar-refractivity contribution in [1.82, 2.24) is 5.32 Å². The molecule has 0 fully saturated rings. The summed E-state index contributed by atoms with van der Waals surface area (Å²) in [7, 11) is 1.61. The van der Waals surface area contributed by atoms with Crippen LogP contribution in [-0.2, 0) is 9.59 Å². The van der Waals surface area contributed by atoms with Gasteiger partial charge < -0.3 is 11.1 Å². The molecule has 5 heteroatoms. The molecule has 1 amide bonds. The zero-order chi connectivity index (χ0) is 11.7. The molecular weight excluding hydrogens is 212 g/mol. The van der Waals surface area contributed by atoms with Gasteiger partial charge in [0.05, 0.1) is 0 Å². The van der Waals surface area contributed by atoms with Crippen LogP contribution in [0.15, 0.2) is 0 Å². The van der Waals surface area contributed by atoms with Gasteiger partial charge in [-0.25, -0.2) is 0 Å². The minimum Gasteiger partial charge on any atom is -0.359 e. The number of hydrogen-bond donors (Lipinski definition) is 2. The lowest BCUT2D eigenvalue weighted by atomic mass is 10.0. The van der Waals surface area contributed by atoms with E-state index in [-0.39, 0.29) is 17.6 Å². The lowest BCUT2D eigenvalue weighted by Crippen LogP contribution is -2.22. The Morgan fingerprint density at radius 3 is 2.60 bits per heavy atom. The maximum atomic E-state index is 11.3. The number of nitrogens with two attached hydrogens (primary N) is 1. The quantitative estimate of drug-likeness (QED) is 0.595. The Morgan fingerprint density at radius 2 is 2.13 bits per heavy atom. The van der Waals surface area contributed by atoms with Gasteiger partial charge in [0, 0.05) is 37.4 Å². The van der Waals surface area contributed by atoms with Gasteiger partial charge in [-0.1, -0.05) is 0 Å². The van der Waals surface area contributed by atoms with Crippen molar-refractivity contribution in [2.75, 3.05) is 25.1 Å². The smallest absolute Gasteiger partial charge is 0.219 e. The Balaban J connectivity index is 3.83. The Labute approximate surface area is 95.4 Å². The second-order valence-corrected chi connectivity index (χ2v) is 4.53. The maximum absolute atomic E-state index is 11.3. The van der Waals surface area contributed by atoms with Crippen molar-refractivity contribution in [2.45, 2.75) is 19.8 Å². The molecule has 0 aliphatic rings. The topological polar surface area (TPSA) is 72.2 Å². The summed E-state index contributed by atoms with van der Waals surface area (Å²) >= 11 is 1.67. The second kappa shape index (κ2) is 8.73. The second-order valence-electron chi connectivity index (χ2n) is 3.38. The average Bonchev–Trinajstić information content (AvgIpc) is 2.22. The van der Waals surface area contributed by atoms with Gasteiger partial charge in [-0.15, -0.1) is 0 Å². The fraction of sp³-hybridized carbons (Fsp3) is 0.800. The number of carbonyl (C=O) groups excluding carboxylic acids is 2. The van der Waals surface area contributed by atoms with E-state index in [9.17, 15) is 9.59 Å². The molecule has 15 heavy (non-hydrogen) atoms. The van der Waals surface area contributed by atoms with E-state index in [1.54, 1.807) is 25.7 Å². The number of thioether (sulfide) groups is 1. The first-order valence-electron chi connectivity index (χ1n) is 5.10. The molecule has 0 spiro atoms. The molecular formula is C10H20N2O2S. The van der Waals surface area contributed by atoms with E-state index in [0.717, 1.165) is 11.5 Å². The highest BCUT2D eigenvalue weighted by atomic mass is 32.2. The first kappa shape index (κ1) is 14.5. The number of rotatable bonds is 8. The molecule has 3 N–H and O–H groups in total. The van der Waals surface area contributed by atoms with Crippen molar-refractivity contribution in [2.24, 2.45) is 11.7 Å². The van der Waals surface area contributed by atoms with Crippen LogP contribution < -0.4 is 11.1 Å². The molecule has 0 aliphatic carbocycles. The lowest BCUT2D eigenvalue weighted by Gasteiger charge is -2.12. The predicted molar refractivity (Wildman–Crippen MR) is 63.9 cm³/mol. The molecule has 1 atom stereocenters. The number of carbonyl (C=O) groups is 2. The maximum Gasteiger partial charge on any atom is 0.219 e. The molecule has 0 aromatic carbocycles. The Hall–Kier alpha value is -0.550. The minimum atomic E-state index is -0.0150. The summed E-state index contributed by atoms with van der Waals surface area (Å²) in [5, 5.41) is 2.55. The van der Waals surface area contributed by atoms with Gasteiger partial charge in [-0.05, 0) is 13.3 Å². The zero-order valence-electron chi connectivity index (χ0n) is 9.41. The molecule has 0 rings (SSSR count). The van der Waals surface area contributed by atoms with Gasteiger partial charge in [-0.2, -0.15) is 11.8 Å². The zero-order valence-corrected chi connectivity index (χ0v) is 10.2. The summed E-state index contributed by atoms with van der Waals surface area (Å²) in [5.41, 5.74) is 5.36. The van der Waals surface area contributed by atoms with Gasteiger partial charge in [0.25, 0.3) is 0 Å². The summed E-state index contributed by atoms with van der Waals surface area (Å²) in [5.74, 6) is 1.76. The monoisotopic (exact) mass is 232 g/mol. The van der Waals surface area contributed by atoms with Crippen molar-refractivity contribution < 1.29 is 9.59 Å². The van der Waals surface area contributed by atoms with Crippen LogP contribution in [0.1, 0.15) is 19.8 Å². The third kappa shape index (κ3) is 7.39. The van der Waals surface area contributed by atoms with E-state index in [1.165, 1.54) is 0 Å². The average molecular weight is 232 g/mol. The highest BCUT2D eigenvalue weighted by molar-refractivity contribution is 7.99.